The Morgan fingerprint density at radius 2 is 1.45 bits per heavy atom. The van der Waals surface area contributed by atoms with Crippen molar-refractivity contribution in [2.75, 3.05) is 5.32 Å². The molecule has 29 heavy (non-hydrogen) atoms. The van der Waals surface area contributed by atoms with E-state index < -0.39 is 15.9 Å². The van der Waals surface area contributed by atoms with Gasteiger partial charge in [-0.2, -0.15) is 0 Å². The molecule has 0 saturated carbocycles. The van der Waals surface area contributed by atoms with Crippen LogP contribution in [-0.2, 0) is 10.0 Å². The molecule has 0 fully saturated rings. The summed E-state index contributed by atoms with van der Waals surface area (Å²) in [5, 5.41) is 2.75. The second-order valence-corrected chi connectivity index (χ2v) is 7.96. The van der Waals surface area contributed by atoms with E-state index in [1.54, 1.807) is 48.5 Å². The molecule has 0 aliphatic carbocycles. The molecule has 3 aromatic carbocycles. The molecule has 148 valence electrons. The zero-order valence-corrected chi connectivity index (χ0v) is 16.4. The molecular weight excluding hydrogens is 390 g/mol. The normalized spacial score (nSPS) is 10.9. The number of rotatable bonds is 6. The van der Waals surface area contributed by atoms with E-state index in [1.807, 2.05) is 13.0 Å². The highest BCUT2D eigenvalue weighted by Crippen LogP contribution is 2.13. The van der Waals surface area contributed by atoms with Gasteiger partial charge in [-0.1, -0.05) is 35.9 Å². The number of benzene rings is 3. The molecule has 7 nitrogen and oxygen atoms in total. The molecule has 0 aliphatic rings. The molecule has 0 spiro atoms. The van der Waals surface area contributed by atoms with Crippen molar-refractivity contribution in [1.82, 2.24) is 10.3 Å². The van der Waals surface area contributed by atoms with Gasteiger partial charge in [-0.05, 0) is 55.5 Å². The SMILES string of the molecule is Cc1cccc(C(=O)Nc2ccc(C(=O)NNS(=O)(=O)c3ccccc3)cc2)c1. The van der Waals surface area contributed by atoms with Crippen LogP contribution in [0.5, 0.6) is 0 Å². The van der Waals surface area contributed by atoms with Gasteiger partial charge in [0.2, 0.25) is 0 Å². The highest BCUT2D eigenvalue weighted by molar-refractivity contribution is 7.89. The maximum absolute atomic E-state index is 12.3. The Morgan fingerprint density at radius 1 is 0.759 bits per heavy atom. The third kappa shape index (κ3) is 5.28. The lowest BCUT2D eigenvalue weighted by Gasteiger charge is -2.09. The molecule has 0 heterocycles. The molecule has 0 saturated heterocycles. The first-order valence-electron chi connectivity index (χ1n) is 8.70. The second kappa shape index (κ2) is 8.68. The number of anilines is 1. The van der Waals surface area contributed by atoms with E-state index in [-0.39, 0.29) is 16.4 Å². The van der Waals surface area contributed by atoms with Crippen molar-refractivity contribution in [3.63, 3.8) is 0 Å². The summed E-state index contributed by atoms with van der Waals surface area (Å²) in [7, 11) is -3.86. The summed E-state index contributed by atoms with van der Waals surface area (Å²) in [6, 6.07) is 21.0. The molecule has 0 radical (unpaired) electrons. The van der Waals surface area contributed by atoms with Gasteiger partial charge < -0.3 is 5.32 Å². The average molecular weight is 409 g/mol. The summed E-state index contributed by atoms with van der Waals surface area (Å²) in [6.07, 6.45) is 0. The number of aryl methyl sites for hydroxylation is 1. The number of amides is 2. The van der Waals surface area contributed by atoms with Gasteiger partial charge in [0.1, 0.15) is 0 Å². The van der Waals surface area contributed by atoms with E-state index in [2.05, 4.69) is 15.6 Å². The molecule has 0 unspecified atom stereocenters. The van der Waals surface area contributed by atoms with Gasteiger partial charge in [-0.25, -0.2) is 8.42 Å². The summed E-state index contributed by atoms with van der Waals surface area (Å²) in [6.45, 7) is 1.90. The van der Waals surface area contributed by atoms with Crippen LogP contribution in [-0.4, -0.2) is 20.2 Å². The van der Waals surface area contributed by atoms with Gasteiger partial charge in [0.25, 0.3) is 21.8 Å². The quantitative estimate of drug-likeness (QED) is 0.545. The summed E-state index contributed by atoms with van der Waals surface area (Å²) in [5.41, 5.74) is 4.41. The van der Waals surface area contributed by atoms with Crippen molar-refractivity contribution in [1.29, 1.82) is 0 Å². The van der Waals surface area contributed by atoms with Gasteiger partial charge in [0.05, 0.1) is 4.90 Å². The minimum atomic E-state index is -3.86. The van der Waals surface area contributed by atoms with E-state index in [0.29, 0.717) is 11.3 Å². The number of hydrogen-bond donors (Lipinski definition) is 3. The number of hydrazine groups is 1. The van der Waals surface area contributed by atoms with Gasteiger partial charge in [-0.3, -0.25) is 15.0 Å². The van der Waals surface area contributed by atoms with Crippen molar-refractivity contribution in [3.8, 4) is 0 Å². The smallest absolute Gasteiger partial charge is 0.266 e. The number of nitrogens with one attached hydrogen (secondary N) is 3. The highest BCUT2D eigenvalue weighted by Gasteiger charge is 2.15. The van der Waals surface area contributed by atoms with E-state index in [1.165, 1.54) is 24.3 Å². The Morgan fingerprint density at radius 3 is 2.10 bits per heavy atom. The minimum Gasteiger partial charge on any atom is -0.322 e. The lowest BCUT2D eigenvalue weighted by molar-refractivity contribution is 0.0944. The Hall–Kier alpha value is -3.49. The van der Waals surface area contributed by atoms with Crippen molar-refractivity contribution < 1.29 is 18.0 Å². The number of sulfonamides is 1. The van der Waals surface area contributed by atoms with E-state index in [0.717, 1.165) is 5.56 Å². The second-order valence-electron chi connectivity index (χ2n) is 6.27. The largest absolute Gasteiger partial charge is 0.322 e. The molecule has 0 aliphatic heterocycles. The maximum atomic E-state index is 12.3. The molecule has 3 N–H and O–H groups in total. The van der Waals surface area contributed by atoms with Crippen molar-refractivity contribution >= 4 is 27.5 Å². The Kier molecular flexibility index (Phi) is 6.06. The molecule has 3 rings (SSSR count). The Labute approximate surface area is 168 Å². The average Bonchev–Trinajstić information content (AvgIpc) is 2.73. The van der Waals surface area contributed by atoms with Crippen molar-refractivity contribution in [2.45, 2.75) is 11.8 Å². The van der Waals surface area contributed by atoms with Crippen LogP contribution in [0, 0.1) is 6.92 Å². The molecule has 0 bridgehead atoms. The zero-order valence-electron chi connectivity index (χ0n) is 15.5. The Balaban J connectivity index is 1.61. The van der Waals surface area contributed by atoms with Crippen LogP contribution >= 0.6 is 0 Å². The van der Waals surface area contributed by atoms with Crippen LogP contribution in [0.25, 0.3) is 0 Å². The Bertz CT molecular complexity index is 1130. The van der Waals surface area contributed by atoms with Crippen LogP contribution < -0.4 is 15.6 Å². The number of carbonyl (C=O) groups excluding carboxylic acids is 2. The summed E-state index contributed by atoms with van der Waals surface area (Å²) in [5.74, 6) is -0.886. The van der Waals surface area contributed by atoms with Crippen LogP contribution in [0.3, 0.4) is 0 Å². The molecule has 3 aromatic rings. The summed E-state index contributed by atoms with van der Waals surface area (Å²) >= 11 is 0. The van der Waals surface area contributed by atoms with Gasteiger partial charge in [0, 0.05) is 16.8 Å². The van der Waals surface area contributed by atoms with Gasteiger partial charge >= 0.3 is 0 Å². The molecular formula is C21H19N3O4S. The van der Waals surface area contributed by atoms with Crippen LogP contribution in [0.1, 0.15) is 26.3 Å². The summed E-state index contributed by atoms with van der Waals surface area (Å²) < 4.78 is 24.3. The van der Waals surface area contributed by atoms with Crippen molar-refractivity contribution in [3.05, 3.63) is 95.6 Å². The molecule has 0 atom stereocenters. The summed E-state index contributed by atoms with van der Waals surface area (Å²) in [4.78, 5) is 26.5. The fraction of sp³-hybridized carbons (Fsp3) is 0.0476. The van der Waals surface area contributed by atoms with Gasteiger partial charge in [-0.15, -0.1) is 4.83 Å². The maximum Gasteiger partial charge on any atom is 0.266 e. The van der Waals surface area contributed by atoms with Crippen LogP contribution in [0.15, 0.2) is 83.8 Å². The molecule has 0 aromatic heterocycles. The van der Waals surface area contributed by atoms with Crippen LogP contribution in [0.4, 0.5) is 5.69 Å². The molecule has 8 heteroatoms. The minimum absolute atomic E-state index is 0.0366. The highest BCUT2D eigenvalue weighted by atomic mass is 32.2. The first-order chi connectivity index (χ1) is 13.8. The zero-order chi connectivity index (χ0) is 20.9. The standard InChI is InChI=1S/C21H19N3O4S/c1-15-6-5-7-17(14-15)20(25)22-18-12-10-16(11-13-18)21(26)23-24-29(27,28)19-8-3-2-4-9-19/h2-14,24H,1H3,(H,22,25)(H,23,26). The molecule has 2 amide bonds. The number of carbonyl (C=O) groups is 2. The fourth-order valence-corrected chi connectivity index (χ4v) is 3.40. The van der Waals surface area contributed by atoms with E-state index >= 15 is 0 Å². The van der Waals surface area contributed by atoms with Crippen molar-refractivity contribution in [2.24, 2.45) is 0 Å². The van der Waals surface area contributed by atoms with Crippen LogP contribution in [0.2, 0.25) is 0 Å². The fourth-order valence-electron chi connectivity index (χ4n) is 2.54. The van der Waals surface area contributed by atoms with E-state index in [9.17, 15) is 18.0 Å². The lowest BCUT2D eigenvalue weighted by atomic mass is 10.1. The topological polar surface area (TPSA) is 104 Å². The third-order valence-corrected chi connectivity index (χ3v) is 5.30. The first-order valence-corrected chi connectivity index (χ1v) is 10.2. The monoisotopic (exact) mass is 409 g/mol. The van der Waals surface area contributed by atoms with Gasteiger partial charge in [0.15, 0.2) is 0 Å². The first kappa shape index (κ1) is 20.2. The third-order valence-electron chi connectivity index (χ3n) is 4.04. The predicted molar refractivity (Wildman–Crippen MR) is 110 cm³/mol. The lowest BCUT2D eigenvalue weighted by Crippen LogP contribution is -2.41. The predicted octanol–water partition coefficient (Wildman–Crippen LogP) is 2.87. The van der Waals surface area contributed by atoms with E-state index in [4.69, 9.17) is 0 Å². The number of hydrogen-bond acceptors (Lipinski definition) is 4.